The molecule has 0 aliphatic carbocycles. The Hall–Kier alpha value is -0.710. The lowest BCUT2D eigenvalue weighted by Crippen LogP contribution is -1.89. The molecule has 0 atom stereocenters. The van der Waals surface area contributed by atoms with Crippen LogP contribution in [0.4, 0.5) is 0 Å². The summed E-state index contributed by atoms with van der Waals surface area (Å²) in [5.41, 5.74) is 0.963. The molecule has 0 unspecified atom stereocenters. The third-order valence-corrected chi connectivity index (χ3v) is 4.25. The summed E-state index contributed by atoms with van der Waals surface area (Å²) < 4.78 is 7.26. The van der Waals surface area contributed by atoms with Gasteiger partial charge in [-0.05, 0) is 18.2 Å². The second kappa shape index (κ2) is 5.57. The van der Waals surface area contributed by atoms with Gasteiger partial charge in [-0.25, -0.2) is 4.98 Å². The third-order valence-electron chi connectivity index (χ3n) is 1.87. The van der Waals surface area contributed by atoms with Gasteiger partial charge in [0.25, 0.3) is 0 Å². The topological polar surface area (TPSA) is 22.1 Å². The van der Waals surface area contributed by atoms with Crippen LogP contribution in [-0.2, 0) is 4.74 Å². The molecule has 0 aliphatic rings. The van der Waals surface area contributed by atoms with Gasteiger partial charge in [0.2, 0.25) is 0 Å². The van der Waals surface area contributed by atoms with Gasteiger partial charge in [0.1, 0.15) is 0 Å². The molecule has 2 rings (SSSR count). The molecule has 16 heavy (non-hydrogen) atoms. The zero-order chi connectivity index (χ0) is 11.4. The van der Waals surface area contributed by atoms with E-state index in [1.54, 1.807) is 23.1 Å². The number of ether oxygens (including phenoxy) is 1. The predicted octanol–water partition coefficient (Wildman–Crippen LogP) is 4.20. The summed E-state index contributed by atoms with van der Waals surface area (Å²) >= 11 is 9.26. The molecule has 0 aliphatic heterocycles. The molecule has 2 nitrogen and oxygen atoms in total. The van der Waals surface area contributed by atoms with Gasteiger partial charge in [-0.15, -0.1) is 11.3 Å². The molecule has 1 aromatic carbocycles. The minimum Gasteiger partial charge on any atom is -0.501 e. The van der Waals surface area contributed by atoms with Gasteiger partial charge in [-0.1, -0.05) is 29.9 Å². The van der Waals surface area contributed by atoms with E-state index in [1.165, 1.54) is 6.26 Å². The molecule has 1 aromatic heterocycles. The van der Waals surface area contributed by atoms with Crippen molar-refractivity contribution < 1.29 is 4.74 Å². The quantitative estimate of drug-likeness (QED) is 0.462. The Bertz CT molecular complexity index is 498. The van der Waals surface area contributed by atoms with Crippen LogP contribution in [0.1, 0.15) is 0 Å². The van der Waals surface area contributed by atoms with Crippen LogP contribution < -0.4 is 0 Å². The lowest BCUT2D eigenvalue weighted by atomic mass is 10.3. The van der Waals surface area contributed by atoms with Crippen molar-refractivity contribution in [3.63, 3.8) is 0 Å². The van der Waals surface area contributed by atoms with Crippen molar-refractivity contribution in [3.8, 4) is 0 Å². The Morgan fingerprint density at radius 3 is 3.25 bits per heavy atom. The highest BCUT2D eigenvalue weighted by atomic mass is 35.5. The summed E-state index contributed by atoms with van der Waals surface area (Å²) in [7, 11) is 0. The molecule has 0 radical (unpaired) electrons. The smallest absolute Gasteiger partial charge is 0.151 e. The van der Waals surface area contributed by atoms with Crippen LogP contribution in [0.5, 0.6) is 0 Å². The number of benzene rings is 1. The predicted molar refractivity (Wildman–Crippen MR) is 71.5 cm³/mol. The van der Waals surface area contributed by atoms with E-state index in [1.807, 2.05) is 18.2 Å². The van der Waals surface area contributed by atoms with Crippen molar-refractivity contribution in [2.24, 2.45) is 0 Å². The van der Waals surface area contributed by atoms with Crippen molar-refractivity contribution in [2.75, 3.05) is 12.4 Å². The first-order chi connectivity index (χ1) is 7.79. The van der Waals surface area contributed by atoms with Gasteiger partial charge in [-0.2, -0.15) is 0 Å². The van der Waals surface area contributed by atoms with Gasteiger partial charge < -0.3 is 4.74 Å². The summed E-state index contributed by atoms with van der Waals surface area (Å²) in [6.45, 7) is 4.15. The first-order valence-corrected chi connectivity index (χ1v) is 6.89. The number of rotatable bonds is 5. The number of thiazole rings is 1. The Morgan fingerprint density at radius 1 is 1.56 bits per heavy atom. The highest BCUT2D eigenvalue weighted by Gasteiger charge is 2.04. The number of thioether (sulfide) groups is 1. The molecule has 2 aromatic rings. The minimum absolute atomic E-state index is 0.658. The van der Waals surface area contributed by atoms with Gasteiger partial charge in [0.05, 0.1) is 23.1 Å². The van der Waals surface area contributed by atoms with Gasteiger partial charge in [-0.3, -0.25) is 0 Å². The number of hydrogen-bond acceptors (Lipinski definition) is 4. The third kappa shape index (κ3) is 2.90. The van der Waals surface area contributed by atoms with Crippen molar-refractivity contribution >= 4 is 44.9 Å². The van der Waals surface area contributed by atoms with Gasteiger partial charge in [0.15, 0.2) is 4.34 Å². The van der Waals surface area contributed by atoms with Crippen LogP contribution in [0, 0.1) is 0 Å². The molecular formula is C11H10ClNOS2. The van der Waals surface area contributed by atoms with Crippen molar-refractivity contribution in [2.45, 2.75) is 4.34 Å². The molecular weight excluding hydrogens is 262 g/mol. The molecule has 1 heterocycles. The van der Waals surface area contributed by atoms with E-state index in [9.17, 15) is 0 Å². The first kappa shape index (κ1) is 11.8. The summed E-state index contributed by atoms with van der Waals surface area (Å²) in [6, 6.07) is 5.77. The molecule has 0 N–H and O–H groups in total. The molecule has 5 heteroatoms. The van der Waals surface area contributed by atoms with Crippen LogP contribution in [0.2, 0.25) is 5.02 Å². The monoisotopic (exact) mass is 271 g/mol. The molecule has 84 valence electrons. The normalized spacial score (nSPS) is 10.6. The van der Waals surface area contributed by atoms with E-state index in [-0.39, 0.29) is 0 Å². The van der Waals surface area contributed by atoms with Crippen LogP contribution in [-0.4, -0.2) is 17.3 Å². The fourth-order valence-electron chi connectivity index (χ4n) is 1.20. The standard InChI is InChI=1S/C11H10ClNOS2/c1-2-14-5-6-15-11-13-9-7-8(12)3-4-10(9)16-11/h2-4,7H,1,5-6H2. The van der Waals surface area contributed by atoms with Crippen LogP contribution in [0.25, 0.3) is 10.2 Å². The molecule has 0 saturated carbocycles. The van der Waals surface area contributed by atoms with E-state index in [0.29, 0.717) is 6.61 Å². The van der Waals surface area contributed by atoms with Crippen LogP contribution >= 0.6 is 34.7 Å². The average molecular weight is 272 g/mol. The highest BCUT2D eigenvalue weighted by molar-refractivity contribution is 8.01. The number of halogens is 1. The maximum atomic E-state index is 5.90. The minimum atomic E-state index is 0.658. The van der Waals surface area contributed by atoms with E-state index >= 15 is 0 Å². The Kier molecular flexibility index (Phi) is 4.09. The Balaban J connectivity index is 2.05. The van der Waals surface area contributed by atoms with Crippen molar-refractivity contribution in [1.82, 2.24) is 4.98 Å². The molecule has 0 spiro atoms. The number of nitrogens with zero attached hydrogens (tertiary/aromatic N) is 1. The van der Waals surface area contributed by atoms with Gasteiger partial charge >= 0.3 is 0 Å². The lowest BCUT2D eigenvalue weighted by molar-refractivity contribution is 0.274. The van der Waals surface area contributed by atoms with Crippen molar-refractivity contribution in [1.29, 1.82) is 0 Å². The maximum absolute atomic E-state index is 5.90. The number of aromatic nitrogens is 1. The summed E-state index contributed by atoms with van der Waals surface area (Å²) in [6.07, 6.45) is 1.46. The Morgan fingerprint density at radius 2 is 2.44 bits per heavy atom. The summed E-state index contributed by atoms with van der Waals surface area (Å²) in [5, 5.41) is 0.726. The molecule has 0 fully saturated rings. The second-order valence-corrected chi connectivity index (χ2v) is 5.79. The SMILES string of the molecule is C=COCCSc1nc2cc(Cl)ccc2s1. The van der Waals surface area contributed by atoms with E-state index in [0.717, 1.165) is 25.3 Å². The van der Waals surface area contributed by atoms with Crippen LogP contribution in [0.15, 0.2) is 35.4 Å². The summed E-state index contributed by atoms with van der Waals surface area (Å²) in [5.74, 6) is 0.875. The maximum Gasteiger partial charge on any atom is 0.151 e. The van der Waals surface area contributed by atoms with Gasteiger partial charge in [0, 0.05) is 10.8 Å². The average Bonchev–Trinajstić information content (AvgIpc) is 2.66. The van der Waals surface area contributed by atoms with Crippen LogP contribution in [0.3, 0.4) is 0 Å². The Labute approximate surface area is 107 Å². The number of hydrogen-bond donors (Lipinski definition) is 0. The second-order valence-electron chi connectivity index (χ2n) is 2.98. The summed E-state index contributed by atoms with van der Waals surface area (Å²) in [4.78, 5) is 4.49. The molecule has 0 bridgehead atoms. The zero-order valence-corrected chi connectivity index (χ0v) is 10.9. The zero-order valence-electron chi connectivity index (χ0n) is 8.48. The van der Waals surface area contributed by atoms with E-state index in [4.69, 9.17) is 16.3 Å². The molecule has 0 saturated heterocycles. The van der Waals surface area contributed by atoms with E-state index < -0.39 is 0 Å². The van der Waals surface area contributed by atoms with E-state index in [2.05, 4.69) is 11.6 Å². The first-order valence-electron chi connectivity index (χ1n) is 4.71. The fourth-order valence-corrected chi connectivity index (χ4v) is 3.32. The van der Waals surface area contributed by atoms with Crippen molar-refractivity contribution in [3.05, 3.63) is 36.1 Å². The lowest BCUT2D eigenvalue weighted by Gasteiger charge is -1.96. The largest absolute Gasteiger partial charge is 0.501 e. The highest BCUT2D eigenvalue weighted by Crippen LogP contribution is 2.30. The number of fused-ring (bicyclic) bond motifs is 1. The fraction of sp³-hybridized carbons (Fsp3) is 0.182. The molecule has 0 amide bonds.